The van der Waals surface area contributed by atoms with Gasteiger partial charge in [0.2, 0.25) is 0 Å². The maximum atomic E-state index is 11.7. The largest absolute Gasteiger partial charge is 0.364 e. The molecule has 0 aromatic carbocycles. The van der Waals surface area contributed by atoms with Crippen LogP contribution in [0.2, 0.25) is 0 Å². The lowest BCUT2D eigenvalue weighted by molar-refractivity contribution is 0.0993. The van der Waals surface area contributed by atoms with Crippen LogP contribution in [0.1, 0.15) is 54.1 Å². The molecule has 0 unspecified atom stereocenters. The number of imidazole rings is 1. The van der Waals surface area contributed by atoms with Crippen LogP contribution < -0.4 is 5.73 Å². The van der Waals surface area contributed by atoms with E-state index < -0.39 is 5.91 Å². The van der Waals surface area contributed by atoms with E-state index in [1.165, 1.54) is 19.3 Å². The molecule has 0 aliphatic heterocycles. The third-order valence-electron chi connectivity index (χ3n) is 3.96. The third kappa shape index (κ3) is 2.43. The maximum Gasteiger partial charge on any atom is 0.267 e. The first-order valence-corrected chi connectivity index (χ1v) is 7.05. The molecule has 2 heterocycles. The van der Waals surface area contributed by atoms with Crippen LogP contribution in [-0.2, 0) is 0 Å². The Labute approximate surface area is 117 Å². The summed E-state index contributed by atoms with van der Waals surface area (Å²) in [5, 5.41) is 0. The van der Waals surface area contributed by atoms with Crippen LogP contribution >= 0.6 is 0 Å². The second kappa shape index (κ2) is 5.45. The second-order valence-corrected chi connectivity index (χ2v) is 5.28. The zero-order valence-electron chi connectivity index (χ0n) is 11.3. The summed E-state index contributed by atoms with van der Waals surface area (Å²) in [6.07, 6.45) is 11.1. The van der Waals surface area contributed by atoms with Crippen molar-refractivity contribution in [2.45, 2.75) is 38.0 Å². The van der Waals surface area contributed by atoms with Crippen molar-refractivity contribution in [2.24, 2.45) is 5.73 Å². The number of nitrogens with two attached hydrogens (primary N) is 1. The van der Waals surface area contributed by atoms with Crippen LogP contribution in [0.15, 0.2) is 30.9 Å². The fourth-order valence-electron chi connectivity index (χ4n) is 2.94. The molecule has 0 spiro atoms. The van der Waals surface area contributed by atoms with Crippen molar-refractivity contribution in [1.82, 2.24) is 14.5 Å². The number of pyridine rings is 1. The first-order valence-electron chi connectivity index (χ1n) is 7.05. The molecule has 3 rings (SSSR count). The van der Waals surface area contributed by atoms with Gasteiger partial charge in [-0.1, -0.05) is 25.3 Å². The van der Waals surface area contributed by atoms with Gasteiger partial charge in [-0.2, -0.15) is 0 Å². The van der Waals surface area contributed by atoms with Crippen molar-refractivity contribution in [3.8, 4) is 5.82 Å². The Bertz CT molecular complexity index is 600. The van der Waals surface area contributed by atoms with Crippen molar-refractivity contribution in [1.29, 1.82) is 0 Å². The molecule has 1 aliphatic carbocycles. The average molecular weight is 270 g/mol. The van der Waals surface area contributed by atoms with Gasteiger partial charge >= 0.3 is 0 Å². The number of hydrogen-bond acceptors (Lipinski definition) is 3. The van der Waals surface area contributed by atoms with E-state index in [-0.39, 0.29) is 0 Å². The summed E-state index contributed by atoms with van der Waals surface area (Å²) in [4.78, 5) is 20.2. The zero-order valence-corrected chi connectivity index (χ0v) is 11.3. The predicted molar refractivity (Wildman–Crippen MR) is 75.7 cm³/mol. The smallest absolute Gasteiger partial charge is 0.267 e. The minimum absolute atomic E-state index is 0.406. The van der Waals surface area contributed by atoms with Gasteiger partial charge in [0, 0.05) is 12.4 Å². The molecule has 2 N–H and O–H groups in total. The van der Waals surface area contributed by atoms with E-state index in [0.29, 0.717) is 17.4 Å². The number of carbonyl (C=O) groups is 1. The summed E-state index contributed by atoms with van der Waals surface area (Å²) in [7, 11) is 0. The van der Waals surface area contributed by atoms with Gasteiger partial charge < -0.3 is 5.73 Å². The highest BCUT2D eigenvalue weighted by atomic mass is 16.1. The molecule has 0 atom stereocenters. The molecule has 0 bridgehead atoms. The van der Waals surface area contributed by atoms with Gasteiger partial charge in [-0.05, 0) is 30.4 Å². The number of primary amides is 1. The van der Waals surface area contributed by atoms with Crippen LogP contribution in [0.4, 0.5) is 0 Å². The monoisotopic (exact) mass is 270 g/mol. The molecular weight excluding hydrogens is 252 g/mol. The van der Waals surface area contributed by atoms with Crippen LogP contribution in [0.5, 0.6) is 0 Å². The summed E-state index contributed by atoms with van der Waals surface area (Å²) < 4.78 is 1.77. The summed E-state index contributed by atoms with van der Waals surface area (Å²) in [5.74, 6) is 0.638. The van der Waals surface area contributed by atoms with Gasteiger partial charge in [-0.25, -0.2) is 9.97 Å². The van der Waals surface area contributed by atoms with Gasteiger partial charge in [0.1, 0.15) is 17.8 Å². The minimum atomic E-state index is -0.451. The van der Waals surface area contributed by atoms with E-state index in [2.05, 4.69) is 9.97 Å². The molecule has 5 heteroatoms. The molecule has 1 aliphatic rings. The molecule has 1 saturated carbocycles. The summed E-state index contributed by atoms with van der Waals surface area (Å²) in [5.41, 5.74) is 6.92. The molecule has 2 aromatic heterocycles. The van der Waals surface area contributed by atoms with Gasteiger partial charge in [0.15, 0.2) is 0 Å². The van der Waals surface area contributed by atoms with Gasteiger partial charge in [0.25, 0.3) is 5.91 Å². The van der Waals surface area contributed by atoms with E-state index in [4.69, 9.17) is 5.73 Å². The minimum Gasteiger partial charge on any atom is -0.364 e. The highest BCUT2D eigenvalue weighted by Gasteiger charge is 2.22. The van der Waals surface area contributed by atoms with Crippen molar-refractivity contribution in [2.75, 3.05) is 0 Å². The first-order chi connectivity index (χ1) is 9.75. The summed E-state index contributed by atoms with van der Waals surface area (Å²) in [6, 6.07) is 3.93. The number of aromatic nitrogens is 3. The molecule has 20 heavy (non-hydrogen) atoms. The highest BCUT2D eigenvalue weighted by molar-refractivity contribution is 5.92. The Morgan fingerprint density at radius 2 is 2.05 bits per heavy atom. The molecule has 5 nitrogen and oxygen atoms in total. The second-order valence-electron chi connectivity index (χ2n) is 5.28. The molecule has 2 aromatic rings. The van der Waals surface area contributed by atoms with Crippen molar-refractivity contribution >= 4 is 5.91 Å². The van der Waals surface area contributed by atoms with Gasteiger partial charge in [-0.3, -0.25) is 9.36 Å². The van der Waals surface area contributed by atoms with Crippen LogP contribution in [-0.4, -0.2) is 20.4 Å². The third-order valence-corrected chi connectivity index (χ3v) is 3.96. The molecule has 1 fully saturated rings. The Kier molecular flexibility index (Phi) is 3.50. The Morgan fingerprint density at radius 1 is 1.25 bits per heavy atom. The average Bonchev–Trinajstić information content (AvgIpc) is 3.02. The van der Waals surface area contributed by atoms with Crippen molar-refractivity contribution < 1.29 is 4.79 Å². The molecule has 0 radical (unpaired) electrons. The topological polar surface area (TPSA) is 73.8 Å². The number of hydrogen-bond donors (Lipinski definition) is 1. The fraction of sp³-hybridized carbons (Fsp3) is 0.400. The summed E-state index contributed by atoms with van der Waals surface area (Å²) >= 11 is 0. The number of nitrogens with zero attached hydrogens (tertiary/aromatic N) is 3. The Morgan fingerprint density at radius 3 is 2.70 bits per heavy atom. The first kappa shape index (κ1) is 12.8. The molecule has 1 amide bonds. The number of carbonyl (C=O) groups excluding carboxylic acids is 1. The van der Waals surface area contributed by atoms with E-state index in [1.807, 2.05) is 12.1 Å². The maximum absolute atomic E-state index is 11.7. The SMILES string of the molecule is NC(=O)c1nc(-n2ccnc2)ccc1C1CCCCC1. The van der Waals surface area contributed by atoms with E-state index in [9.17, 15) is 4.79 Å². The van der Waals surface area contributed by atoms with Crippen molar-refractivity contribution in [3.05, 3.63) is 42.1 Å². The van der Waals surface area contributed by atoms with Gasteiger partial charge in [-0.15, -0.1) is 0 Å². The van der Waals surface area contributed by atoms with Crippen molar-refractivity contribution in [3.63, 3.8) is 0 Å². The summed E-state index contributed by atoms with van der Waals surface area (Å²) in [6.45, 7) is 0. The number of amides is 1. The molecular formula is C15H18N4O. The molecule has 104 valence electrons. The Hall–Kier alpha value is -2.17. The zero-order chi connectivity index (χ0) is 13.9. The van der Waals surface area contributed by atoms with E-state index in [0.717, 1.165) is 18.4 Å². The molecule has 0 saturated heterocycles. The lowest BCUT2D eigenvalue weighted by atomic mass is 9.83. The lowest BCUT2D eigenvalue weighted by Crippen LogP contribution is -2.19. The lowest BCUT2D eigenvalue weighted by Gasteiger charge is -2.23. The predicted octanol–water partition coefficient (Wildman–Crippen LogP) is 2.41. The highest BCUT2D eigenvalue weighted by Crippen LogP contribution is 2.34. The van der Waals surface area contributed by atoms with Crippen LogP contribution in [0, 0.1) is 0 Å². The fourth-order valence-corrected chi connectivity index (χ4v) is 2.94. The van der Waals surface area contributed by atoms with Crippen LogP contribution in [0.25, 0.3) is 5.82 Å². The number of rotatable bonds is 3. The standard InChI is InChI=1S/C15H18N4O/c16-15(20)14-12(11-4-2-1-3-5-11)6-7-13(18-14)19-9-8-17-10-19/h6-11H,1-5H2,(H2,16,20). The van der Waals surface area contributed by atoms with Crippen LogP contribution in [0.3, 0.4) is 0 Å². The van der Waals surface area contributed by atoms with E-state index >= 15 is 0 Å². The van der Waals surface area contributed by atoms with Gasteiger partial charge in [0.05, 0.1) is 0 Å². The van der Waals surface area contributed by atoms with E-state index in [1.54, 1.807) is 23.3 Å². The normalized spacial score (nSPS) is 16.2. The Balaban J connectivity index is 2.00. The quantitative estimate of drug-likeness (QED) is 0.930.